The number of carboxylic acid groups (broad SMARTS) is 1. The molecule has 1 aromatic rings. The summed E-state index contributed by atoms with van der Waals surface area (Å²) in [6.45, 7) is 5.34. The number of aromatic nitrogens is 1. The van der Waals surface area contributed by atoms with Crippen molar-refractivity contribution >= 4 is 17.6 Å². The highest BCUT2D eigenvalue weighted by atomic mass is 16.6. The van der Waals surface area contributed by atoms with Gasteiger partial charge < -0.3 is 20.1 Å². The smallest absolute Gasteiger partial charge is 0.352 e. The second-order valence-corrected chi connectivity index (χ2v) is 4.55. The van der Waals surface area contributed by atoms with Gasteiger partial charge in [-0.05, 0) is 26.8 Å². The van der Waals surface area contributed by atoms with Crippen LogP contribution in [0.5, 0.6) is 0 Å². The van der Waals surface area contributed by atoms with Gasteiger partial charge in [0.25, 0.3) is 0 Å². The second kappa shape index (κ2) is 4.90. The summed E-state index contributed by atoms with van der Waals surface area (Å²) in [7, 11) is 0. The quantitative estimate of drug-likeness (QED) is 0.693. The molecule has 0 saturated heterocycles. The number of carbonyl (C=O) groups excluding carboxylic acids is 1. The Morgan fingerprint density at radius 1 is 1.47 bits per heavy atom. The molecule has 0 aliphatic heterocycles. The number of aromatic amines is 1. The van der Waals surface area contributed by atoms with Gasteiger partial charge in [0.15, 0.2) is 0 Å². The van der Waals surface area contributed by atoms with Crippen LogP contribution in [0.25, 0.3) is 0 Å². The van der Waals surface area contributed by atoms with Crippen LogP contribution in [0.3, 0.4) is 0 Å². The number of anilines is 1. The van der Waals surface area contributed by atoms with E-state index >= 15 is 0 Å². The number of H-pyrrole nitrogens is 1. The van der Waals surface area contributed by atoms with Crippen molar-refractivity contribution in [2.24, 2.45) is 0 Å². The third-order valence-corrected chi connectivity index (χ3v) is 1.77. The minimum atomic E-state index is -1.05. The molecule has 6 heteroatoms. The Balaban J connectivity index is 2.45. The number of ether oxygens (including phenoxy) is 1. The third kappa shape index (κ3) is 4.58. The average molecular weight is 240 g/mol. The molecule has 1 aromatic heterocycles. The molecule has 3 N–H and O–H groups in total. The van der Waals surface area contributed by atoms with Gasteiger partial charge in [0.05, 0.1) is 5.69 Å². The van der Waals surface area contributed by atoms with Crippen LogP contribution in [-0.4, -0.2) is 34.2 Å². The molecule has 0 fully saturated rings. The molecule has 0 spiro atoms. The highest BCUT2D eigenvalue weighted by molar-refractivity contribution is 5.87. The summed E-state index contributed by atoms with van der Waals surface area (Å²) in [6.07, 6.45) is 1.48. The maximum atomic E-state index is 11.4. The van der Waals surface area contributed by atoms with E-state index in [1.807, 2.05) is 0 Å². The molecule has 0 saturated carbocycles. The van der Waals surface area contributed by atoms with Crippen molar-refractivity contribution in [2.45, 2.75) is 26.4 Å². The first-order chi connectivity index (χ1) is 7.78. The van der Waals surface area contributed by atoms with Crippen LogP contribution in [0.4, 0.5) is 5.69 Å². The predicted octanol–water partition coefficient (Wildman–Crippen LogP) is 1.47. The third-order valence-electron chi connectivity index (χ3n) is 1.77. The molecule has 0 aromatic carbocycles. The van der Waals surface area contributed by atoms with E-state index in [-0.39, 0.29) is 12.2 Å². The number of nitrogens with one attached hydrogen (secondary N) is 2. The number of carboxylic acids is 1. The summed E-state index contributed by atoms with van der Waals surface area (Å²) < 4.78 is 5.09. The number of esters is 1. The van der Waals surface area contributed by atoms with Crippen LogP contribution < -0.4 is 5.32 Å². The van der Waals surface area contributed by atoms with Crippen molar-refractivity contribution in [1.82, 2.24) is 4.98 Å². The molecule has 0 bridgehead atoms. The van der Waals surface area contributed by atoms with Gasteiger partial charge in [-0.1, -0.05) is 0 Å². The van der Waals surface area contributed by atoms with Crippen LogP contribution in [0.1, 0.15) is 31.3 Å². The van der Waals surface area contributed by atoms with Gasteiger partial charge in [0.1, 0.15) is 17.8 Å². The molecule has 94 valence electrons. The van der Waals surface area contributed by atoms with Crippen molar-refractivity contribution in [1.29, 1.82) is 0 Å². The Hall–Kier alpha value is -1.98. The lowest BCUT2D eigenvalue weighted by Gasteiger charge is -2.19. The van der Waals surface area contributed by atoms with Crippen molar-refractivity contribution in [2.75, 3.05) is 11.9 Å². The van der Waals surface area contributed by atoms with Crippen molar-refractivity contribution in [3.63, 3.8) is 0 Å². The first-order valence-corrected chi connectivity index (χ1v) is 5.15. The zero-order valence-corrected chi connectivity index (χ0v) is 10.0. The lowest BCUT2D eigenvalue weighted by atomic mass is 10.2. The number of carbonyl (C=O) groups is 2. The Labute approximate surface area is 99.0 Å². The van der Waals surface area contributed by atoms with E-state index in [1.54, 1.807) is 20.8 Å². The van der Waals surface area contributed by atoms with E-state index in [1.165, 1.54) is 12.3 Å². The molecule has 1 rings (SSSR count). The van der Waals surface area contributed by atoms with Gasteiger partial charge in [0, 0.05) is 6.20 Å². The van der Waals surface area contributed by atoms with Crippen LogP contribution in [0.15, 0.2) is 12.3 Å². The van der Waals surface area contributed by atoms with Crippen LogP contribution in [0.2, 0.25) is 0 Å². The fourth-order valence-corrected chi connectivity index (χ4v) is 1.17. The topological polar surface area (TPSA) is 91.4 Å². The zero-order chi connectivity index (χ0) is 13.1. The molecule has 0 atom stereocenters. The van der Waals surface area contributed by atoms with Crippen molar-refractivity contribution < 1.29 is 19.4 Å². The Morgan fingerprint density at radius 3 is 2.59 bits per heavy atom. The number of hydrogen-bond acceptors (Lipinski definition) is 4. The van der Waals surface area contributed by atoms with Crippen molar-refractivity contribution in [3.05, 3.63) is 18.0 Å². The number of hydrogen-bond donors (Lipinski definition) is 3. The molecular formula is C11H16N2O4. The largest absolute Gasteiger partial charge is 0.477 e. The van der Waals surface area contributed by atoms with Crippen molar-refractivity contribution in [3.8, 4) is 0 Å². The molecule has 0 radical (unpaired) electrons. The average Bonchev–Trinajstić information content (AvgIpc) is 2.60. The fraction of sp³-hybridized carbons (Fsp3) is 0.455. The van der Waals surface area contributed by atoms with E-state index < -0.39 is 17.5 Å². The Morgan fingerprint density at radius 2 is 2.12 bits per heavy atom. The first-order valence-electron chi connectivity index (χ1n) is 5.15. The fourth-order valence-electron chi connectivity index (χ4n) is 1.17. The van der Waals surface area contributed by atoms with Gasteiger partial charge in [-0.15, -0.1) is 0 Å². The molecule has 6 nitrogen and oxygen atoms in total. The highest BCUT2D eigenvalue weighted by Crippen LogP contribution is 2.10. The van der Waals surface area contributed by atoms with Crippen LogP contribution in [0, 0.1) is 0 Å². The number of aromatic carboxylic acids is 1. The minimum absolute atomic E-state index is 0.00577. The van der Waals surface area contributed by atoms with E-state index in [0.29, 0.717) is 5.69 Å². The minimum Gasteiger partial charge on any atom is -0.477 e. The van der Waals surface area contributed by atoms with Gasteiger partial charge >= 0.3 is 11.9 Å². The van der Waals surface area contributed by atoms with E-state index in [2.05, 4.69) is 10.3 Å². The number of rotatable bonds is 4. The van der Waals surface area contributed by atoms with Crippen LogP contribution >= 0.6 is 0 Å². The monoisotopic (exact) mass is 240 g/mol. The molecule has 17 heavy (non-hydrogen) atoms. The SMILES string of the molecule is CC(C)(C)OC(=O)CNc1c[nH]c(C(=O)O)c1. The maximum Gasteiger partial charge on any atom is 0.352 e. The first kappa shape index (κ1) is 13.1. The van der Waals surface area contributed by atoms with E-state index in [9.17, 15) is 9.59 Å². The molecule has 0 aliphatic rings. The molecule has 0 unspecified atom stereocenters. The van der Waals surface area contributed by atoms with Gasteiger partial charge in [-0.2, -0.15) is 0 Å². The van der Waals surface area contributed by atoms with E-state index in [0.717, 1.165) is 0 Å². The second-order valence-electron chi connectivity index (χ2n) is 4.55. The summed E-state index contributed by atoms with van der Waals surface area (Å²) >= 11 is 0. The normalized spacial score (nSPS) is 11.0. The molecule has 0 amide bonds. The zero-order valence-electron chi connectivity index (χ0n) is 10.0. The van der Waals surface area contributed by atoms with Crippen LogP contribution in [-0.2, 0) is 9.53 Å². The molecule has 1 heterocycles. The Bertz CT molecular complexity index is 417. The van der Waals surface area contributed by atoms with Gasteiger partial charge in [-0.3, -0.25) is 4.79 Å². The lowest BCUT2D eigenvalue weighted by molar-refractivity contribution is -0.152. The lowest BCUT2D eigenvalue weighted by Crippen LogP contribution is -2.28. The van der Waals surface area contributed by atoms with Gasteiger partial charge in [0.2, 0.25) is 0 Å². The maximum absolute atomic E-state index is 11.4. The Kier molecular flexibility index (Phi) is 3.77. The highest BCUT2D eigenvalue weighted by Gasteiger charge is 2.16. The molecule has 0 aliphatic carbocycles. The summed E-state index contributed by atoms with van der Waals surface area (Å²) in [5, 5.41) is 11.5. The summed E-state index contributed by atoms with van der Waals surface area (Å²) in [5.74, 6) is -1.44. The van der Waals surface area contributed by atoms with E-state index in [4.69, 9.17) is 9.84 Å². The summed E-state index contributed by atoms with van der Waals surface area (Å²) in [6, 6.07) is 1.41. The molecular weight excluding hydrogens is 224 g/mol. The summed E-state index contributed by atoms with van der Waals surface area (Å²) in [5.41, 5.74) is 0.0771. The predicted molar refractivity (Wildman–Crippen MR) is 62.1 cm³/mol. The van der Waals surface area contributed by atoms with Gasteiger partial charge in [-0.25, -0.2) is 4.79 Å². The summed E-state index contributed by atoms with van der Waals surface area (Å²) in [4.78, 5) is 24.5. The standard InChI is InChI=1S/C11H16N2O4/c1-11(2,3)17-9(14)6-12-7-4-8(10(15)16)13-5-7/h4-5,12-13H,6H2,1-3H3,(H,15,16).